The highest BCUT2D eigenvalue weighted by Gasteiger charge is 2.27. The maximum absolute atomic E-state index is 13.2. The molecule has 1 aliphatic rings. The molecule has 3 nitrogen and oxygen atoms in total. The molecular weight excluding hydrogens is 335 g/mol. The van der Waals surface area contributed by atoms with Gasteiger partial charge in [-0.1, -0.05) is 0 Å². The van der Waals surface area contributed by atoms with Crippen molar-refractivity contribution in [1.29, 1.82) is 0 Å². The van der Waals surface area contributed by atoms with Crippen molar-refractivity contribution in [3.63, 3.8) is 0 Å². The van der Waals surface area contributed by atoms with Gasteiger partial charge < -0.3 is 9.30 Å². The van der Waals surface area contributed by atoms with Crippen LogP contribution in [0.1, 0.15) is 25.8 Å². The molecule has 1 saturated carbocycles. The van der Waals surface area contributed by atoms with E-state index in [1.54, 1.807) is 11.3 Å². The number of aromatic nitrogens is 1. The maximum atomic E-state index is 13.2. The van der Waals surface area contributed by atoms with Crippen LogP contribution in [0, 0.1) is 5.82 Å². The predicted octanol–water partition coefficient (Wildman–Crippen LogP) is 5.32. The molecule has 1 aliphatic carbocycles. The van der Waals surface area contributed by atoms with Gasteiger partial charge >= 0.3 is 0 Å². The third-order valence-corrected chi connectivity index (χ3v) is 5.01. The largest absolute Gasteiger partial charge is 0.494 e. The molecule has 0 N–H and O–H groups in total. The average Bonchev–Trinajstić information content (AvgIpc) is 3.38. The summed E-state index contributed by atoms with van der Waals surface area (Å²) in [5.41, 5.74) is 3.04. The SMILES string of the molecule is CCOc1ccc(N=c2scc(-c3ccc(F)cc3)n2C2CC2)cc1. The van der Waals surface area contributed by atoms with Gasteiger partial charge in [-0.15, -0.1) is 11.3 Å². The molecule has 2 aromatic carbocycles. The van der Waals surface area contributed by atoms with Gasteiger partial charge in [-0.3, -0.25) is 0 Å². The number of hydrogen-bond acceptors (Lipinski definition) is 3. The molecule has 128 valence electrons. The Morgan fingerprint density at radius 3 is 2.48 bits per heavy atom. The molecule has 5 heteroatoms. The third-order valence-electron chi connectivity index (χ3n) is 4.17. The molecule has 0 radical (unpaired) electrons. The van der Waals surface area contributed by atoms with Gasteiger partial charge in [-0.05, 0) is 73.9 Å². The second-order valence-electron chi connectivity index (χ2n) is 6.05. The zero-order valence-electron chi connectivity index (χ0n) is 14.0. The van der Waals surface area contributed by atoms with Gasteiger partial charge in [-0.2, -0.15) is 0 Å². The summed E-state index contributed by atoms with van der Waals surface area (Å²) in [7, 11) is 0. The summed E-state index contributed by atoms with van der Waals surface area (Å²) in [5.74, 6) is 0.644. The van der Waals surface area contributed by atoms with E-state index in [9.17, 15) is 4.39 Å². The summed E-state index contributed by atoms with van der Waals surface area (Å²) in [6, 6.07) is 15.0. The van der Waals surface area contributed by atoms with Crippen molar-refractivity contribution in [3.8, 4) is 17.0 Å². The molecule has 0 amide bonds. The Morgan fingerprint density at radius 1 is 1.12 bits per heavy atom. The highest BCUT2D eigenvalue weighted by atomic mass is 32.1. The number of hydrogen-bond donors (Lipinski definition) is 0. The molecule has 0 aliphatic heterocycles. The van der Waals surface area contributed by atoms with E-state index < -0.39 is 0 Å². The lowest BCUT2D eigenvalue weighted by Crippen LogP contribution is -2.14. The monoisotopic (exact) mass is 354 g/mol. The van der Waals surface area contributed by atoms with Crippen molar-refractivity contribution >= 4 is 17.0 Å². The number of ether oxygens (including phenoxy) is 1. The smallest absolute Gasteiger partial charge is 0.190 e. The van der Waals surface area contributed by atoms with Crippen LogP contribution in [0.5, 0.6) is 5.75 Å². The molecular formula is C20H19FN2OS. The molecule has 1 aromatic heterocycles. The fourth-order valence-corrected chi connectivity index (χ4v) is 3.80. The minimum atomic E-state index is -0.212. The lowest BCUT2D eigenvalue weighted by molar-refractivity contribution is 0.340. The molecule has 0 bridgehead atoms. The summed E-state index contributed by atoms with van der Waals surface area (Å²) in [6.07, 6.45) is 2.34. The summed E-state index contributed by atoms with van der Waals surface area (Å²) in [5, 5.41) is 2.11. The van der Waals surface area contributed by atoms with Crippen molar-refractivity contribution in [2.45, 2.75) is 25.8 Å². The number of nitrogens with zero attached hydrogens (tertiary/aromatic N) is 2. The van der Waals surface area contributed by atoms with Crippen LogP contribution in [-0.2, 0) is 0 Å². The minimum Gasteiger partial charge on any atom is -0.494 e. The van der Waals surface area contributed by atoms with E-state index in [2.05, 4.69) is 9.95 Å². The van der Waals surface area contributed by atoms with E-state index in [1.165, 1.54) is 25.0 Å². The highest BCUT2D eigenvalue weighted by molar-refractivity contribution is 7.07. The van der Waals surface area contributed by atoms with Crippen LogP contribution in [0.25, 0.3) is 11.3 Å². The third kappa shape index (κ3) is 3.51. The first-order valence-corrected chi connectivity index (χ1v) is 9.36. The van der Waals surface area contributed by atoms with Crippen molar-refractivity contribution in [1.82, 2.24) is 4.57 Å². The molecule has 0 spiro atoms. The van der Waals surface area contributed by atoms with Crippen LogP contribution in [-0.4, -0.2) is 11.2 Å². The quantitative estimate of drug-likeness (QED) is 0.609. The van der Waals surface area contributed by atoms with Gasteiger partial charge in [0, 0.05) is 11.4 Å². The number of benzene rings is 2. The highest BCUT2D eigenvalue weighted by Crippen LogP contribution is 2.38. The Balaban J connectivity index is 1.73. The fraction of sp³-hybridized carbons (Fsp3) is 0.250. The molecule has 4 rings (SSSR count). The standard InChI is InChI=1S/C20H19FN2OS/c1-2-24-18-11-7-16(8-12-18)22-20-23(17-9-10-17)19(13-25-20)14-3-5-15(21)6-4-14/h3-8,11-13,17H,2,9-10H2,1H3. The minimum absolute atomic E-state index is 0.212. The van der Waals surface area contributed by atoms with E-state index in [1.807, 2.05) is 43.3 Å². The van der Waals surface area contributed by atoms with Crippen molar-refractivity contribution < 1.29 is 9.13 Å². The van der Waals surface area contributed by atoms with E-state index in [-0.39, 0.29) is 5.82 Å². The fourth-order valence-electron chi connectivity index (χ4n) is 2.81. The summed E-state index contributed by atoms with van der Waals surface area (Å²) < 4.78 is 21.0. The average molecular weight is 354 g/mol. The topological polar surface area (TPSA) is 26.5 Å². The second kappa shape index (κ2) is 6.84. The first kappa shape index (κ1) is 16.1. The molecule has 3 aromatic rings. The number of halogens is 1. The van der Waals surface area contributed by atoms with Crippen molar-refractivity contribution in [2.24, 2.45) is 4.99 Å². The molecule has 1 heterocycles. The number of rotatable bonds is 5. The van der Waals surface area contributed by atoms with Gasteiger partial charge in [0.15, 0.2) is 4.80 Å². The first-order valence-electron chi connectivity index (χ1n) is 8.48. The van der Waals surface area contributed by atoms with E-state index in [0.29, 0.717) is 12.6 Å². The van der Waals surface area contributed by atoms with Gasteiger partial charge in [0.05, 0.1) is 18.0 Å². The molecule has 25 heavy (non-hydrogen) atoms. The van der Waals surface area contributed by atoms with E-state index in [4.69, 9.17) is 9.73 Å². The maximum Gasteiger partial charge on any atom is 0.190 e. The normalized spacial score (nSPS) is 14.7. The van der Waals surface area contributed by atoms with Crippen LogP contribution < -0.4 is 9.54 Å². The Labute approximate surface area is 150 Å². The van der Waals surface area contributed by atoms with Crippen LogP contribution >= 0.6 is 11.3 Å². The molecule has 1 fully saturated rings. The zero-order chi connectivity index (χ0) is 17.2. The zero-order valence-corrected chi connectivity index (χ0v) is 14.8. The Bertz CT molecular complexity index is 922. The van der Waals surface area contributed by atoms with Crippen LogP contribution in [0.2, 0.25) is 0 Å². The van der Waals surface area contributed by atoms with Crippen LogP contribution in [0.15, 0.2) is 58.9 Å². The van der Waals surface area contributed by atoms with Gasteiger partial charge in [-0.25, -0.2) is 9.38 Å². The Kier molecular flexibility index (Phi) is 4.40. The summed E-state index contributed by atoms with van der Waals surface area (Å²) in [6.45, 7) is 2.63. The Morgan fingerprint density at radius 2 is 1.84 bits per heavy atom. The lowest BCUT2D eigenvalue weighted by Gasteiger charge is -2.07. The lowest BCUT2D eigenvalue weighted by atomic mass is 10.1. The van der Waals surface area contributed by atoms with Gasteiger partial charge in [0.1, 0.15) is 11.6 Å². The van der Waals surface area contributed by atoms with Gasteiger partial charge in [0.2, 0.25) is 0 Å². The van der Waals surface area contributed by atoms with Crippen molar-refractivity contribution in [2.75, 3.05) is 6.61 Å². The number of thiazole rings is 1. The van der Waals surface area contributed by atoms with Crippen LogP contribution in [0.4, 0.5) is 10.1 Å². The summed E-state index contributed by atoms with van der Waals surface area (Å²) in [4.78, 5) is 5.80. The molecule has 0 saturated heterocycles. The van der Waals surface area contributed by atoms with Crippen LogP contribution in [0.3, 0.4) is 0 Å². The van der Waals surface area contributed by atoms with E-state index >= 15 is 0 Å². The van der Waals surface area contributed by atoms with Gasteiger partial charge in [0.25, 0.3) is 0 Å². The summed E-state index contributed by atoms with van der Waals surface area (Å²) >= 11 is 1.62. The molecule has 0 unspecified atom stereocenters. The molecule has 0 atom stereocenters. The Hall–Kier alpha value is -2.40. The van der Waals surface area contributed by atoms with Crippen molar-refractivity contribution in [3.05, 3.63) is 64.5 Å². The predicted molar refractivity (Wildman–Crippen MR) is 98.8 cm³/mol. The first-order chi connectivity index (χ1) is 12.2. The van der Waals surface area contributed by atoms with E-state index in [0.717, 1.165) is 27.5 Å². The second-order valence-corrected chi connectivity index (χ2v) is 6.89.